The van der Waals surface area contributed by atoms with E-state index in [4.69, 9.17) is 14.2 Å². The molecule has 0 spiro atoms. The van der Waals surface area contributed by atoms with E-state index in [1.165, 1.54) is 38.2 Å². The molecule has 0 bridgehead atoms. The second-order valence-electron chi connectivity index (χ2n) is 7.15. The number of carbonyl (C=O) groups is 2. The second-order valence-corrected chi connectivity index (χ2v) is 7.15. The van der Waals surface area contributed by atoms with Gasteiger partial charge in [-0.05, 0) is 38.5 Å². The van der Waals surface area contributed by atoms with Crippen molar-refractivity contribution in [2.75, 3.05) is 31.0 Å². The molecule has 7 nitrogen and oxygen atoms in total. The number of esters is 1. The molecule has 0 fully saturated rings. The van der Waals surface area contributed by atoms with E-state index in [1.807, 2.05) is 6.92 Å². The summed E-state index contributed by atoms with van der Waals surface area (Å²) in [6.45, 7) is 6.41. The zero-order chi connectivity index (χ0) is 22.9. The number of anilines is 2. The number of unbranched alkanes of at least 4 members (excludes halogenated alkanes) is 6. The van der Waals surface area contributed by atoms with E-state index < -0.39 is 5.97 Å². The summed E-state index contributed by atoms with van der Waals surface area (Å²) in [5.41, 5.74) is 1.21. The van der Waals surface area contributed by atoms with Gasteiger partial charge in [-0.25, -0.2) is 4.79 Å². The van der Waals surface area contributed by atoms with Crippen molar-refractivity contribution < 1.29 is 23.8 Å². The van der Waals surface area contributed by atoms with Crippen LogP contribution in [0.5, 0.6) is 5.75 Å². The summed E-state index contributed by atoms with van der Waals surface area (Å²) in [7, 11) is 1.55. The normalized spacial score (nSPS) is 11.0. The van der Waals surface area contributed by atoms with Gasteiger partial charge in [-0.3, -0.25) is 4.79 Å². The fourth-order valence-electron chi connectivity index (χ4n) is 3.04. The van der Waals surface area contributed by atoms with Crippen molar-refractivity contribution in [3.05, 3.63) is 30.2 Å². The molecule has 0 saturated heterocycles. The molecule has 0 aromatic heterocycles. The molecule has 174 valence electrons. The van der Waals surface area contributed by atoms with E-state index in [-0.39, 0.29) is 18.4 Å². The molecule has 0 aliphatic heterocycles. The monoisotopic (exact) mass is 434 g/mol. The van der Waals surface area contributed by atoms with Crippen molar-refractivity contribution >= 4 is 23.3 Å². The van der Waals surface area contributed by atoms with Gasteiger partial charge < -0.3 is 24.8 Å². The van der Waals surface area contributed by atoms with Crippen molar-refractivity contribution in [3.8, 4) is 5.75 Å². The molecule has 7 heteroatoms. The zero-order valence-electron chi connectivity index (χ0n) is 19.4. The summed E-state index contributed by atoms with van der Waals surface area (Å²) in [6.07, 6.45) is 9.92. The quantitative estimate of drug-likeness (QED) is 0.152. The van der Waals surface area contributed by atoms with Gasteiger partial charge >= 0.3 is 5.97 Å². The molecule has 0 saturated carbocycles. The molecule has 1 amide bonds. The zero-order valence-corrected chi connectivity index (χ0v) is 19.4. The first-order valence-corrected chi connectivity index (χ1v) is 11.3. The predicted molar refractivity (Wildman–Crippen MR) is 124 cm³/mol. The SMILES string of the molecule is CCCCCCCCCC(=O)Nc1ccc(OC)c(N/C(=C/C(=O)OCC)OCC)c1. The standard InChI is InChI=1S/C24H38N2O5/c1-5-8-9-10-11-12-13-14-22(27)25-19-15-16-21(29-4)20(17-19)26-23(30-6-2)18-24(28)31-7-3/h15-18,26H,5-14H2,1-4H3,(H,25,27)/b23-18-. The molecular formula is C24H38N2O5. The highest BCUT2D eigenvalue weighted by atomic mass is 16.5. The van der Waals surface area contributed by atoms with Crippen LogP contribution in [0, 0.1) is 0 Å². The van der Waals surface area contributed by atoms with Gasteiger partial charge in [0.2, 0.25) is 5.91 Å². The number of nitrogens with one attached hydrogen (secondary N) is 2. The maximum Gasteiger partial charge on any atom is 0.336 e. The molecule has 0 heterocycles. The van der Waals surface area contributed by atoms with Crippen molar-refractivity contribution in [3.63, 3.8) is 0 Å². The average molecular weight is 435 g/mol. The molecule has 1 aromatic carbocycles. The van der Waals surface area contributed by atoms with E-state index in [9.17, 15) is 9.59 Å². The van der Waals surface area contributed by atoms with Gasteiger partial charge in [-0.15, -0.1) is 0 Å². The molecule has 1 rings (SSSR count). The Morgan fingerprint density at radius 3 is 2.23 bits per heavy atom. The number of methoxy groups -OCH3 is 1. The van der Waals surface area contributed by atoms with Gasteiger partial charge in [0.05, 0.1) is 32.1 Å². The van der Waals surface area contributed by atoms with Crippen molar-refractivity contribution in [2.45, 2.75) is 72.1 Å². The van der Waals surface area contributed by atoms with Crippen LogP contribution in [-0.4, -0.2) is 32.2 Å². The Morgan fingerprint density at radius 1 is 0.903 bits per heavy atom. The third-order valence-electron chi connectivity index (χ3n) is 4.58. The summed E-state index contributed by atoms with van der Waals surface area (Å²) in [4.78, 5) is 24.1. The van der Waals surface area contributed by atoms with Crippen molar-refractivity contribution in [2.24, 2.45) is 0 Å². The van der Waals surface area contributed by atoms with E-state index in [2.05, 4.69) is 17.6 Å². The first kappa shape index (κ1) is 26.3. The minimum absolute atomic E-state index is 0.0169. The summed E-state index contributed by atoms with van der Waals surface area (Å²) in [5.74, 6) is 0.277. The fourth-order valence-corrected chi connectivity index (χ4v) is 3.04. The van der Waals surface area contributed by atoms with Crippen LogP contribution in [0.1, 0.15) is 72.1 Å². The molecule has 0 radical (unpaired) electrons. The Labute approximate surface area is 186 Å². The molecule has 0 atom stereocenters. The van der Waals surface area contributed by atoms with E-state index in [1.54, 1.807) is 32.2 Å². The van der Waals surface area contributed by atoms with Crippen LogP contribution in [0.2, 0.25) is 0 Å². The summed E-state index contributed by atoms with van der Waals surface area (Å²) >= 11 is 0. The molecule has 31 heavy (non-hydrogen) atoms. The number of benzene rings is 1. The number of carbonyl (C=O) groups excluding carboxylic acids is 2. The van der Waals surface area contributed by atoms with Gasteiger partial charge in [-0.1, -0.05) is 45.4 Å². The molecule has 0 aliphatic carbocycles. The van der Waals surface area contributed by atoms with Gasteiger partial charge in [0.25, 0.3) is 0 Å². The first-order valence-electron chi connectivity index (χ1n) is 11.3. The Kier molecular flexibility index (Phi) is 13.6. The van der Waals surface area contributed by atoms with Crippen LogP contribution >= 0.6 is 0 Å². The Morgan fingerprint density at radius 2 is 1.58 bits per heavy atom. The van der Waals surface area contributed by atoms with Crippen molar-refractivity contribution in [1.29, 1.82) is 0 Å². The van der Waals surface area contributed by atoms with Crippen LogP contribution < -0.4 is 15.4 Å². The maximum absolute atomic E-state index is 12.3. The van der Waals surface area contributed by atoms with Crippen LogP contribution in [0.3, 0.4) is 0 Å². The highest BCUT2D eigenvalue weighted by molar-refractivity contribution is 5.91. The Hall–Kier alpha value is -2.70. The lowest BCUT2D eigenvalue weighted by atomic mass is 10.1. The van der Waals surface area contributed by atoms with Crippen molar-refractivity contribution in [1.82, 2.24) is 0 Å². The predicted octanol–water partition coefficient (Wildman–Crippen LogP) is 5.63. The minimum Gasteiger partial charge on any atom is -0.495 e. The van der Waals surface area contributed by atoms with Gasteiger partial charge in [0, 0.05) is 12.1 Å². The maximum atomic E-state index is 12.3. The summed E-state index contributed by atoms with van der Waals surface area (Å²) in [5, 5.41) is 5.97. The van der Waals surface area contributed by atoms with E-state index in [0.717, 1.165) is 12.8 Å². The number of ether oxygens (including phenoxy) is 3. The molecule has 2 N–H and O–H groups in total. The van der Waals surface area contributed by atoms with Crippen LogP contribution in [-0.2, 0) is 19.1 Å². The average Bonchev–Trinajstić information content (AvgIpc) is 2.73. The lowest BCUT2D eigenvalue weighted by Gasteiger charge is -2.16. The number of hydrogen-bond acceptors (Lipinski definition) is 6. The Balaban J connectivity index is 2.69. The lowest BCUT2D eigenvalue weighted by molar-refractivity contribution is -0.137. The van der Waals surface area contributed by atoms with Gasteiger partial charge in [-0.2, -0.15) is 0 Å². The first-order chi connectivity index (χ1) is 15.0. The Bertz CT molecular complexity index is 703. The summed E-state index contributed by atoms with van der Waals surface area (Å²) < 4.78 is 15.8. The van der Waals surface area contributed by atoms with Crippen LogP contribution in [0.25, 0.3) is 0 Å². The molecule has 0 aliphatic rings. The smallest absolute Gasteiger partial charge is 0.336 e. The van der Waals surface area contributed by atoms with Crippen LogP contribution in [0.15, 0.2) is 30.2 Å². The third-order valence-corrected chi connectivity index (χ3v) is 4.58. The highest BCUT2D eigenvalue weighted by Crippen LogP contribution is 2.29. The minimum atomic E-state index is -0.503. The lowest BCUT2D eigenvalue weighted by Crippen LogP contribution is -2.12. The molecule has 1 aromatic rings. The summed E-state index contributed by atoms with van der Waals surface area (Å²) in [6, 6.07) is 5.28. The molecule has 0 unspecified atom stereocenters. The van der Waals surface area contributed by atoms with Gasteiger partial charge in [0.15, 0.2) is 5.88 Å². The van der Waals surface area contributed by atoms with Crippen LogP contribution in [0.4, 0.5) is 11.4 Å². The van der Waals surface area contributed by atoms with E-state index in [0.29, 0.717) is 30.2 Å². The van der Waals surface area contributed by atoms with E-state index >= 15 is 0 Å². The number of amides is 1. The van der Waals surface area contributed by atoms with Gasteiger partial charge in [0.1, 0.15) is 5.75 Å². The number of rotatable bonds is 16. The molecular weight excluding hydrogens is 396 g/mol. The topological polar surface area (TPSA) is 85.9 Å². The largest absolute Gasteiger partial charge is 0.495 e. The highest BCUT2D eigenvalue weighted by Gasteiger charge is 2.11. The number of hydrogen-bond donors (Lipinski definition) is 2. The fraction of sp³-hybridized carbons (Fsp3) is 0.583. The third kappa shape index (κ3) is 11.3. The second kappa shape index (κ2) is 16.1.